The molecule has 0 spiro atoms. The second-order valence-corrected chi connectivity index (χ2v) is 5.22. The van der Waals surface area contributed by atoms with Crippen LogP contribution in [0.5, 0.6) is 0 Å². The lowest BCUT2D eigenvalue weighted by atomic mass is 10.2. The maximum absolute atomic E-state index is 11.9. The number of nitrogens with zero attached hydrogens (tertiary/aromatic N) is 1. The van der Waals surface area contributed by atoms with Gasteiger partial charge in [-0.2, -0.15) is 0 Å². The second kappa shape index (κ2) is 7.47. The van der Waals surface area contributed by atoms with E-state index in [2.05, 4.69) is 5.32 Å². The highest BCUT2D eigenvalue weighted by molar-refractivity contribution is 6.42. The molecule has 5 nitrogen and oxygen atoms in total. The summed E-state index contributed by atoms with van der Waals surface area (Å²) < 4.78 is 0. The molecule has 0 aromatic heterocycles. The quantitative estimate of drug-likeness (QED) is 0.864. The average molecular weight is 318 g/mol. The number of amides is 2. The van der Waals surface area contributed by atoms with Crippen LogP contribution in [0.15, 0.2) is 18.2 Å². The molecule has 1 unspecified atom stereocenters. The van der Waals surface area contributed by atoms with Crippen molar-refractivity contribution in [2.75, 3.05) is 20.1 Å². The summed E-state index contributed by atoms with van der Waals surface area (Å²) in [5, 5.41) is 3.19. The fourth-order valence-electron chi connectivity index (χ4n) is 1.42. The maximum Gasteiger partial charge on any atom is 0.251 e. The lowest BCUT2D eigenvalue weighted by Crippen LogP contribution is -2.44. The third-order valence-corrected chi connectivity index (χ3v) is 3.72. The zero-order valence-electron chi connectivity index (χ0n) is 11.3. The third kappa shape index (κ3) is 4.37. The molecule has 0 fully saturated rings. The van der Waals surface area contributed by atoms with Gasteiger partial charge >= 0.3 is 0 Å². The van der Waals surface area contributed by atoms with Gasteiger partial charge in [-0.1, -0.05) is 23.2 Å². The highest BCUT2D eigenvalue weighted by Crippen LogP contribution is 2.22. The highest BCUT2D eigenvalue weighted by Gasteiger charge is 2.15. The van der Waals surface area contributed by atoms with Crippen LogP contribution >= 0.6 is 23.2 Å². The van der Waals surface area contributed by atoms with Crippen molar-refractivity contribution in [1.82, 2.24) is 10.2 Å². The number of benzene rings is 1. The van der Waals surface area contributed by atoms with Crippen LogP contribution in [-0.4, -0.2) is 42.9 Å². The number of carbonyl (C=O) groups is 2. The largest absolute Gasteiger partial charge is 0.343 e. The summed E-state index contributed by atoms with van der Waals surface area (Å²) in [7, 11) is 1.64. The van der Waals surface area contributed by atoms with E-state index in [-0.39, 0.29) is 24.4 Å². The molecule has 0 saturated heterocycles. The Kier molecular flexibility index (Phi) is 6.26. The van der Waals surface area contributed by atoms with E-state index < -0.39 is 0 Å². The van der Waals surface area contributed by atoms with E-state index in [9.17, 15) is 9.59 Å². The first-order valence-corrected chi connectivity index (χ1v) is 6.81. The molecule has 0 radical (unpaired) electrons. The standard InChI is InChI=1S/C13H17Cl2N3O2/c1-8(6-16)18(2)12(19)7-17-13(20)9-3-4-10(14)11(15)5-9/h3-5,8H,6-7,16H2,1-2H3,(H,17,20). The van der Waals surface area contributed by atoms with Crippen molar-refractivity contribution in [3.05, 3.63) is 33.8 Å². The Morgan fingerprint density at radius 2 is 2.00 bits per heavy atom. The first-order chi connectivity index (χ1) is 9.36. The van der Waals surface area contributed by atoms with Crippen molar-refractivity contribution in [3.8, 4) is 0 Å². The van der Waals surface area contributed by atoms with Crippen LogP contribution in [0, 0.1) is 0 Å². The molecular weight excluding hydrogens is 301 g/mol. The minimum atomic E-state index is -0.384. The molecule has 0 aliphatic heterocycles. The number of nitrogens with two attached hydrogens (primary N) is 1. The van der Waals surface area contributed by atoms with Crippen molar-refractivity contribution in [2.45, 2.75) is 13.0 Å². The molecule has 2 amide bonds. The zero-order chi connectivity index (χ0) is 15.3. The zero-order valence-corrected chi connectivity index (χ0v) is 12.8. The molecule has 1 rings (SSSR count). The number of carbonyl (C=O) groups excluding carboxylic acids is 2. The molecule has 0 saturated carbocycles. The number of halogens is 2. The van der Waals surface area contributed by atoms with Crippen LogP contribution in [0.2, 0.25) is 10.0 Å². The highest BCUT2D eigenvalue weighted by atomic mass is 35.5. The molecule has 1 aromatic carbocycles. The smallest absolute Gasteiger partial charge is 0.251 e. The Labute approximate surface area is 128 Å². The number of rotatable bonds is 5. The molecule has 110 valence electrons. The van der Waals surface area contributed by atoms with Gasteiger partial charge in [-0.05, 0) is 25.1 Å². The molecule has 7 heteroatoms. The van der Waals surface area contributed by atoms with Crippen molar-refractivity contribution in [3.63, 3.8) is 0 Å². The van der Waals surface area contributed by atoms with Crippen molar-refractivity contribution >= 4 is 35.0 Å². The molecule has 0 aliphatic rings. The van der Waals surface area contributed by atoms with Crippen LogP contribution < -0.4 is 11.1 Å². The van der Waals surface area contributed by atoms with Gasteiger partial charge in [0.15, 0.2) is 0 Å². The molecule has 1 aromatic rings. The van der Waals surface area contributed by atoms with Crippen LogP contribution in [-0.2, 0) is 4.79 Å². The Balaban J connectivity index is 2.59. The monoisotopic (exact) mass is 317 g/mol. The molecule has 20 heavy (non-hydrogen) atoms. The van der Waals surface area contributed by atoms with Crippen LogP contribution in [0.25, 0.3) is 0 Å². The maximum atomic E-state index is 11.9. The van der Waals surface area contributed by atoms with Gasteiger partial charge in [-0.3, -0.25) is 9.59 Å². The second-order valence-electron chi connectivity index (χ2n) is 4.40. The summed E-state index contributed by atoms with van der Waals surface area (Å²) in [5.41, 5.74) is 5.83. The SMILES string of the molecule is CC(CN)N(C)C(=O)CNC(=O)c1ccc(Cl)c(Cl)c1. The average Bonchev–Trinajstić information content (AvgIpc) is 2.45. The van der Waals surface area contributed by atoms with Gasteiger partial charge in [0, 0.05) is 25.2 Å². The van der Waals surface area contributed by atoms with Crippen molar-refractivity contribution in [1.29, 1.82) is 0 Å². The normalized spacial score (nSPS) is 11.8. The molecule has 0 heterocycles. The number of nitrogens with one attached hydrogen (secondary N) is 1. The summed E-state index contributed by atoms with van der Waals surface area (Å²) in [6.45, 7) is 2.10. The predicted molar refractivity (Wildman–Crippen MR) is 80.1 cm³/mol. The van der Waals surface area contributed by atoms with Crippen LogP contribution in [0.4, 0.5) is 0 Å². The topological polar surface area (TPSA) is 75.4 Å². The number of hydrogen-bond donors (Lipinski definition) is 2. The fourth-order valence-corrected chi connectivity index (χ4v) is 1.72. The molecule has 0 aliphatic carbocycles. The van der Waals surface area contributed by atoms with Crippen molar-refractivity contribution < 1.29 is 9.59 Å². The van der Waals surface area contributed by atoms with Gasteiger partial charge in [-0.15, -0.1) is 0 Å². The molecule has 3 N–H and O–H groups in total. The summed E-state index contributed by atoms with van der Waals surface area (Å²) >= 11 is 11.6. The van der Waals surface area contributed by atoms with E-state index >= 15 is 0 Å². The van der Waals surface area contributed by atoms with Gasteiger partial charge in [0.05, 0.1) is 16.6 Å². The van der Waals surface area contributed by atoms with E-state index in [1.807, 2.05) is 6.92 Å². The number of likely N-dealkylation sites (N-methyl/N-ethyl adjacent to an activating group) is 1. The first kappa shape index (κ1) is 16.8. The van der Waals surface area contributed by atoms with Crippen LogP contribution in [0.3, 0.4) is 0 Å². The van der Waals surface area contributed by atoms with Gasteiger partial charge in [0.1, 0.15) is 0 Å². The van der Waals surface area contributed by atoms with E-state index in [1.54, 1.807) is 13.1 Å². The third-order valence-electron chi connectivity index (χ3n) is 2.98. The van der Waals surface area contributed by atoms with Gasteiger partial charge in [0.25, 0.3) is 5.91 Å². The Bertz CT molecular complexity index is 508. The Morgan fingerprint density at radius 1 is 1.35 bits per heavy atom. The molecule has 1 atom stereocenters. The summed E-state index contributed by atoms with van der Waals surface area (Å²) in [4.78, 5) is 25.2. The minimum absolute atomic E-state index is 0.0793. The minimum Gasteiger partial charge on any atom is -0.343 e. The van der Waals surface area contributed by atoms with Gasteiger partial charge in [0.2, 0.25) is 5.91 Å². The van der Waals surface area contributed by atoms with E-state index in [4.69, 9.17) is 28.9 Å². The first-order valence-electron chi connectivity index (χ1n) is 6.05. The summed E-state index contributed by atoms with van der Waals surface area (Å²) in [6, 6.07) is 4.45. The van der Waals surface area contributed by atoms with Crippen LogP contribution in [0.1, 0.15) is 17.3 Å². The van der Waals surface area contributed by atoms with E-state index in [0.717, 1.165) is 0 Å². The van der Waals surface area contributed by atoms with Crippen molar-refractivity contribution in [2.24, 2.45) is 5.73 Å². The fraction of sp³-hybridized carbons (Fsp3) is 0.385. The summed E-state index contributed by atoms with van der Waals surface area (Å²) in [5.74, 6) is -0.595. The van der Waals surface area contributed by atoms with Gasteiger partial charge in [-0.25, -0.2) is 0 Å². The van der Waals surface area contributed by atoms with E-state index in [0.29, 0.717) is 22.2 Å². The lowest BCUT2D eigenvalue weighted by Gasteiger charge is -2.23. The lowest BCUT2D eigenvalue weighted by molar-refractivity contribution is -0.130. The Hall–Kier alpha value is -1.30. The number of hydrogen-bond acceptors (Lipinski definition) is 3. The summed E-state index contributed by atoms with van der Waals surface area (Å²) in [6.07, 6.45) is 0. The van der Waals surface area contributed by atoms with Gasteiger partial charge < -0.3 is 16.0 Å². The Morgan fingerprint density at radius 3 is 2.55 bits per heavy atom. The van der Waals surface area contributed by atoms with E-state index in [1.165, 1.54) is 17.0 Å². The molecular formula is C13H17Cl2N3O2. The predicted octanol–water partition coefficient (Wildman–Crippen LogP) is 1.53. The molecule has 0 bridgehead atoms.